The van der Waals surface area contributed by atoms with Crippen LogP contribution >= 0.6 is 0 Å². The van der Waals surface area contributed by atoms with Crippen LogP contribution in [0.1, 0.15) is 36.6 Å². The maximum atomic E-state index is 12.2. The molecule has 0 amide bonds. The van der Waals surface area contributed by atoms with Crippen LogP contribution in [0.25, 0.3) is 0 Å². The van der Waals surface area contributed by atoms with E-state index in [9.17, 15) is 4.79 Å². The monoisotopic (exact) mass is 230 g/mol. The van der Waals surface area contributed by atoms with Crippen molar-refractivity contribution >= 4 is 0 Å². The van der Waals surface area contributed by atoms with Gasteiger partial charge in [-0.1, -0.05) is 44.2 Å². The summed E-state index contributed by atoms with van der Waals surface area (Å²) in [5.74, 6) is 0.260. The molecule has 0 bridgehead atoms. The number of aryl methyl sites for hydroxylation is 1. The van der Waals surface area contributed by atoms with E-state index in [0.29, 0.717) is 6.54 Å². The molecule has 0 saturated heterocycles. The molecular weight excluding hydrogens is 212 g/mol. The normalized spacial score (nSPS) is 11.1. The standard InChI is InChI=1S/C14H18N2O/c1-10(2)13-11(3)15-16(14(13)17)9-12-7-5-4-6-8-12/h4-8,10,15H,9H2,1-3H3. The van der Waals surface area contributed by atoms with Crippen LogP contribution in [0, 0.1) is 6.92 Å². The maximum absolute atomic E-state index is 12.2. The van der Waals surface area contributed by atoms with Crippen molar-refractivity contribution in [1.29, 1.82) is 0 Å². The van der Waals surface area contributed by atoms with Gasteiger partial charge in [0.15, 0.2) is 0 Å². The Morgan fingerprint density at radius 1 is 1.24 bits per heavy atom. The molecule has 0 spiro atoms. The summed E-state index contributed by atoms with van der Waals surface area (Å²) in [4.78, 5) is 12.2. The molecule has 3 heteroatoms. The fraction of sp³-hybridized carbons (Fsp3) is 0.357. The average molecular weight is 230 g/mol. The first-order valence-corrected chi connectivity index (χ1v) is 5.93. The number of aromatic amines is 1. The smallest absolute Gasteiger partial charge is 0.270 e. The quantitative estimate of drug-likeness (QED) is 0.864. The van der Waals surface area contributed by atoms with Crippen LogP contribution in [0.2, 0.25) is 0 Å². The fourth-order valence-corrected chi connectivity index (χ4v) is 2.18. The maximum Gasteiger partial charge on any atom is 0.270 e. The highest BCUT2D eigenvalue weighted by Gasteiger charge is 2.13. The fourth-order valence-electron chi connectivity index (χ4n) is 2.18. The first kappa shape index (κ1) is 11.7. The second-order valence-electron chi connectivity index (χ2n) is 4.68. The number of hydrogen-bond acceptors (Lipinski definition) is 1. The molecule has 90 valence electrons. The van der Waals surface area contributed by atoms with Gasteiger partial charge in [-0.15, -0.1) is 0 Å². The van der Waals surface area contributed by atoms with Crippen LogP contribution in [0.3, 0.4) is 0 Å². The zero-order valence-electron chi connectivity index (χ0n) is 10.5. The van der Waals surface area contributed by atoms with E-state index in [0.717, 1.165) is 16.8 Å². The van der Waals surface area contributed by atoms with Gasteiger partial charge in [0.05, 0.1) is 6.54 Å². The van der Waals surface area contributed by atoms with Crippen molar-refractivity contribution in [2.24, 2.45) is 0 Å². The Morgan fingerprint density at radius 2 is 1.88 bits per heavy atom. The third-order valence-electron chi connectivity index (χ3n) is 2.94. The Hall–Kier alpha value is -1.77. The van der Waals surface area contributed by atoms with E-state index in [4.69, 9.17) is 0 Å². The van der Waals surface area contributed by atoms with Gasteiger partial charge in [-0.05, 0) is 18.4 Å². The highest BCUT2D eigenvalue weighted by Crippen LogP contribution is 2.13. The Morgan fingerprint density at radius 3 is 2.41 bits per heavy atom. The molecule has 1 aromatic heterocycles. The van der Waals surface area contributed by atoms with Crippen molar-refractivity contribution < 1.29 is 0 Å². The first-order valence-electron chi connectivity index (χ1n) is 5.93. The number of nitrogens with one attached hydrogen (secondary N) is 1. The van der Waals surface area contributed by atoms with Gasteiger partial charge < -0.3 is 0 Å². The number of rotatable bonds is 3. The van der Waals surface area contributed by atoms with E-state index in [1.165, 1.54) is 0 Å². The topological polar surface area (TPSA) is 37.8 Å². The summed E-state index contributed by atoms with van der Waals surface area (Å²) < 4.78 is 1.68. The Kier molecular flexibility index (Phi) is 3.18. The van der Waals surface area contributed by atoms with Gasteiger partial charge in [0.25, 0.3) is 5.56 Å². The van der Waals surface area contributed by atoms with E-state index in [-0.39, 0.29) is 11.5 Å². The summed E-state index contributed by atoms with van der Waals surface area (Å²) in [5, 5.41) is 3.15. The van der Waals surface area contributed by atoms with E-state index in [1.807, 2.05) is 51.1 Å². The first-order chi connectivity index (χ1) is 8.09. The summed E-state index contributed by atoms with van der Waals surface area (Å²) in [6.07, 6.45) is 0. The van der Waals surface area contributed by atoms with Crippen LogP contribution in [0.15, 0.2) is 35.1 Å². The molecule has 0 aliphatic rings. The summed E-state index contributed by atoms with van der Waals surface area (Å²) in [5.41, 5.74) is 3.09. The van der Waals surface area contributed by atoms with Crippen LogP contribution in [-0.4, -0.2) is 9.78 Å². The zero-order chi connectivity index (χ0) is 12.4. The SMILES string of the molecule is Cc1[nH]n(Cc2ccccc2)c(=O)c1C(C)C. The highest BCUT2D eigenvalue weighted by molar-refractivity contribution is 5.21. The second-order valence-corrected chi connectivity index (χ2v) is 4.68. The van der Waals surface area contributed by atoms with Crippen LogP contribution in [0.4, 0.5) is 0 Å². The molecule has 0 aliphatic heterocycles. The van der Waals surface area contributed by atoms with Gasteiger partial charge in [-0.2, -0.15) is 0 Å². The second kappa shape index (κ2) is 4.62. The molecule has 2 rings (SSSR count). The minimum Gasteiger partial charge on any atom is -0.299 e. The molecule has 17 heavy (non-hydrogen) atoms. The third kappa shape index (κ3) is 2.33. The Labute approximate surface area is 101 Å². The van der Waals surface area contributed by atoms with Gasteiger partial charge in [-0.25, -0.2) is 4.68 Å². The lowest BCUT2D eigenvalue weighted by atomic mass is 10.1. The van der Waals surface area contributed by atoms with Gasteiger partial charge >= 0.3 is 0 Å². The van der Waals surface area contributed by atoms with Crippen molar-refractivity contribution in [3.05, 3.63) is 57.5 Å². The van der Waals surface area contributed by atoms with Gasteiger partial charge in [0.2, 0.25) is 0 Å². The molecule has 1 aromatic carbocycles. The number of aromatic nitrogens is 2. The van der Waals surface area contributed by atoms with Crippen molar-refractivity contribution in [3.8, 4) is 0 Å². The molecule has 0 radical (unpaired) electrons. The van der Waals surface area contributed by atoms with E-state index >= 15 is 0 Å². The van der Waals surface area contributed by atoms with Crippen LogP contribution in [0.5, 0.6) is 0 Å². The van der Waals surface area contributed by atoms with Crippen molar-refractivity contribution in [3.63, 3.8) is 0 Å². The average Bonchev–Trinajstić information content (AvgIpc) is 2.55. The summed E-state index contributed by atoms with van der Waals surface area (Å²) in [6.45, 7) is 6.65. The highest BCUT2D eigenvalue weighted by atomic mass is 16.1. The molecule has 0 saturated carbocycles. The predicted molar refractivity (Wildman–Crippen MR) is 69.4 cm³/mol. The molecule has 0 atom stereocenters. The predicted octanol–water partition coefficient (Wildman–Crippen LogP) is 2.66. The lowest BCUT2D eigenvalue weighted by molar-refractivity contribution is 0.655. The van der Waals surface area contributed by atoms with E-state index < -0.39 is 0 Å². The largest absolute Gasteiger partial charge is 0.299 e. The molecule has 0 fully saturated rings. The van der Waals surface area contributed by atoms with Gasteiger partial charge in [0.1, 0.15) is 0 Å². The number of H-pyrrole nitrogens is 1. The number of benzene rings is 1. The van der Waals surface area contributed by atoms with E-state index in [2.05, 4.69) is 5.10 Å². The lowest BCUT2D eigenvalue weighted by Gasteiger charge is -2.01. The Balaban J connectivity index is 2.36. The molecular formula is C14H18N2O. The molecule has 0 unspecified atom stereocenters. The molecule has 1 heterocycles. The number of nitrogens with zero attached hydrogens (tertiary/aromatic N) is 1. The van der Waals surface area contributed by atoms with Gasteiger partial charge in [-0.3, -0.25) is 9.89 Å². The Bertz CT molecular complexity index is 549. The molecule has 0 aliphatic carbocycles. The summed E-state index contributed by atoms with van der Waals surface area (Å²) in [7, 11) is 0. The minimum absolute atomic E-state index is 0.0985. The lowest BCUT2D eigenvalue weighted by Crippen LogP contribution is -2.20. The third-order valence-corrected chi connectivity index (χ3v) is 2.94. The zero-order valence-corrected chi connectivity index (χ0v) is 10.5. The van der Waals surface area contributed by atoms with Crippen molar-refractivity contribution in [1.82, 2.24) is 9.78 Å². The summed E-state index contributed by atoms with van der Waals surface area (Å²) in [6, 6.07) is 10.0. The summed E-state index contributed by atoms with van der Waals surface area (Å²) >= 11 is 0. The van der Waals surface area contributed by atoms with Crippen molar-refractivity contribution in [2.75, 3.05) is 0 Å². The number of hydrogen-bond donors (Lipinski definition) is 1. The molecule has 2 aromatic rings. The van der Waals surface area contributed by atoms with Crippen LogP contribution in [-0.2, 0) is 6.54 Å². The van der Waals surface area contributed by atoms with Gasteiger partial charge in [0, 0.05) is 11.3 Å². The van der Waals surface area contributed by atoms with Crippen LogP contribution < -0.4 is 5.56 Å². The van der Waals surface area contributed by atoms with E-state index in [1.54, 1.807) is 4.68 Å². The molecule has 3 nitrogen and oxygen atoms in total. The minimum atomic E-state index is 0.0985. The molecule has 1 N–H and O–H groups in total. The van der Waals surface area contributed by atoms with Crippen molar-refractivity contribution in [2.45, 2.75) is 33.2 Å².